The molecule has 0 aliphatic rings. The van der Waals surface area contributed by atoms with Gasteiger partial charge in [-0.3, -0.25) is 0 Å². The average molecular weight is 242 g/mol. The second-order valence-corrected chi connectivity index (χ2v) is 3.57. The minimum Gasteiger partial charge on any atom is -0.462 e. The van der Waals surface area contributed by atoms with E-state index in [1.54, 1.807) is 6.92 Å². The molecule has 0 N–H and O–H groups in total. The average Bonchev–Trinajstić information content (AvgIpc) is 2.18. The number of carbonyl (C=O) groups is 1. The van der Waals surface area contributed by atoms with Crippen LogP contribution in [0.15, 0.2) is 17.0 Å². The van der Waals surface area contributed by atoms with E-state index in [-0.39, 0.29) is 17.2 Å². The first-order valence-corrected chi connectivity index (χ1v) is 5.02. The van der Waals surface area contributed by atoms with Gasteiger partial charge < -0.3 is 4.74 Å². The quantitative estimate of drug-likeness (QED) is 0.640. The maximum atomic E-state index is 11.4. The third-order valence-corrected chi connectivity index (χ3v) is 2.38. The van der Waals surface area contributed by atoms with E-state index in [0.717, 1.165) is 0 Å². The summed E-state index contributed by atoms with van der Waals surface area (Å²) in [7, 11) is 0. The van der Waals surface area contributed by atoms with E-state index in [9.17, 15) is 4.79 Å². The van der Waals surface area contributed by atoms with E-state index in [0.29, 0.717) is 10.5 Å². The summed E-state index contributed by atoms with van der Waals surface area (Å²) in [4.78, 5) is 11.8. The number of ether oxygens (including phenoxy) is 1. The van der Waals surface area contributed by atoms with Gasteiger partial charge in [0.25, 0.3) is 0 Å². The number of halogens is 1. The molecule has 3 nitrogen and oxygen atoms in total. The summed E-state index contributed by atoms with van der Waals surface area (Å²) in [6.45, 7) is 1.96. The van der Waals surface area contributed by atoms with Gasteiger partial charge in [0.05, 0.1) is 22.8 Å². The van der Waals surface area contributed by atoms with Crippen molar-refractivity contribution in [2.45, 2.75) is 11.8 Å². The van der Waals surface area contributed by atoms with Gasteiger partial charge in [-0.05, 0) is 19.1 Å². The Morgan fingerprint density at radius 1 is 1.67 bits per heavy atom. The van der Waals surface area contributed by atoms with Crippen molar-refractivity contribution in [1.82, 2.24) is 0 Å². The Morgan fingerprint density at radius 3 is 2.87 bits per heavy atom. The number of hydrogen-bond acceptors (Lipinski definition) is 4. The van der Waals surface area contributed by atoms with Crippen LogP contribution in [-0.4, -0.2) is 12.6 Å². The third kappa shape index (κ3) is 2.65. The number of rotatable bonds is 2. The fraction of sp³-hybridized carbons (Fsp3) is 0.200. The Kier molecular flexibility index (Phi) is 4.01. The summed E-state index contributed by atoms with van der Waals surface area (Å²) in [5.74, 6) is -0.535. The van der Waals surface area contributed by atoms with Crippen LogP contribution in [0.2, 0.25) is 5.02 Å². The number of benzene rings is 1. The second-order valence-electron chi connectivity index (χ2n) is 2.68. The topological polar surface area (TPSA) is 50.1 Å². The molecule has 5 heteroatoms. The van der Waals surface area contributed by atoms with E-state index < -0.39 is 5.97 Å². The summed E-state index contributed by atoms with van der Waals surface area (Å²) < 4.78 is 4.79. The van der Waals surface area contributed by atoms with Gasteiger partial charge in [0, 0.05) is 4.90 Å². The molecular formula is C10H8ClNO2S. The standard InChI is InChI=1S/C10H8ClNO2S/c1-2-14-10(13)7-3-6(5-12)9(15)4-8(7)11/h3-4,15H,2H2,1H3. The molecule has 0 fully saturated rings. The summed E-state index contributed by atoms with van der Waals surface area (Å²) >= 11 is 9.89. The molecule has 0 bridgehead atoms. The zero-order valence-electron chi connectivity index (χ0n) is 7.95. The molecule has 0 aliphatic heterocycles. The highest BCUT2D eigenvalue weighted by Crippen LogP contribution is 2.24. The van der Waals surface area contributed by atoms with Crippen molar-refractivity contribution >= 4 is 30.2 Å². The van der Waals surface area contributed by atoms with Gasteiger partial charge in [-0.25, -0.2) is 4.79 Å². The first-order chi connectivity index (χ1) is 7.10. The van der Waals surface area contributed by atoms with Crippen molar-refractivity contribution in [3.8, 4) is 6.07 Å². The van der Waals surface area contributed by atoms with Gasteiger partial charge in [0.15, 0.2) is 0 Å². The summed E-state index contributed by atoms with van der Waals surface area (Å²) in [6.07, 6.45) is 0. The van der Waals surface area contributed by atoms with Crippen LogP contribution < -0.4 is 0 Å². The summed E-state index contributed by atoms with van der Waals surface area (Å²) in [5, 5.41) is 8.99. The van der Waals surface area contributed by atoms with Crippen molar-refractivity contribution in [1.29, 1.82) is 5.26 Å². The predicted octanol–water partition coefficient (Wildman–Crippen LogP) is 2.68. The number of nitriles is 1. The highest BCUT2D eigenvalue weighted by molar-refractivity contribution is 7.80. The molecule has 1 aromatic rings. The van der Waals surface area contributed by atoms with Gasteiger partial charge in [-0.15, -0.1) is 12.6 Å². The smallest absolute Gasteiger partial charge is 0.339 e. The lowest BCUT2D eigenvalue weighted by atomic mass is 10.1. The Bertz CT molecular complexity index is 440. The first kappa shape index (κ1) is 11.9. The second kappa shape index (κ2) is 5.06. The first-order valence-electron chi connectivity index (χ1n) is 4.19. The maximum absolute atomic E-state index is 11.4. The van der Waals surface area contributed by atoms with Crippen molar-refractivity contribution in [2.75, 3.05) is 6.61 Å². The van der Waals surface area contributed by atoms with E-state index >= 15 is 0 Å². The fourth-order valence-corrected chi connectivity index (χ4v) is 1.58. The molecule has 0 atom stereocenters. The minimum absolute atomic E-state index is 0.188. The molecule has 0 heterocycles. The maximum Gasteiger partial charge on any atom is 0.339 e. The Labute approximate surface area is 98.0 Å². The highest BCUT2D eigenvalue weighted by atomic mass is 35.5. The lowest BCUT2D eigenvalue weighted by Gasteiger charge is -2.05. The molecule has 0 radical (unpaired) electrons. The molecule has 0 spiro atoms. The molecule has 0 saturated heterocycles. The zero-order chi connectivity index (χ0) is 11.4. The predicted molar refractivity (Wildman–Crippen MR) is 59.4 cm³/mol. The molecule has 0 aromatic heterocycles. The fourth-order valence-electron chi connectivity index (χ4n) is 1.02. The zero-order valence-corrected chi connectivity index (χ0v) is 9.60. The van der Waals surface area contributed by atoms with Crippen LogP contribution in [-0.2, 0) is 4.74 Å². The van der Waals surface area contributed by atoms with Gasteiger partial charge in [0.1, 0.15) is 6.07 Å². The van der Waals surface area contributed by atoms with Crippen molar-refractivity contribution in [3.63, 3.8) is 0 Å². The third-order valence-electron chi connectivity index (χ3n) is 1.70. The van der Waals surface area contributed by atoms with Crippen LogP contribution in [0.25, 0.3) is 0 Å². The molecule has 0 saturated carbocycles. The Balaban J connectivity index is 3.20. The van der Waals surface area contributed by atoms with Crippen LogP contribution in [0.5, 0.6) is 0 Å². The molecule has 0 unspecified atom stereocenters. The SMILES string of the molecule is CCOC(=O)c1cc(C#N)c(S)cc1Cl. The lowest BCUT2D eigenvalue weighted by molar-refractivity contribution is 0.0526. The van der Waals surface area contributed by atoms with Crippen LogP contribution >= 0.6 is 24.2 Å². The van der Waals surface area contributed by atoms with Crippen molar-refractivity contribution in [3.05, 3.63) is 28.3 Å². The van der Waals surface area contributed by atoms with Crippen molar-refractivity contribution < 1.29 is 9.53 Å². The Morgan fingerprint density at radius 2 is 2.33 bits per heavy atom. The normalized spacial score (nSPS) is 9.47. The van der Waals surface area contributed by atoms with Crippen LogP contribution in [0, 0.1) is 11.3 Å². The van der Waals surface area contributed by atoms with Gasteiger partial charge in [0.2, 0.25) is 0 Å². The summed E-state index contributed by atoms with van der Waals surface area (Å²) in [6, 6.07) is 4.75. The van der Waals surface area contributed by atoms with Gasteiger partial charge >= 0.3 is 5.97 Å². The van der Waals surface area contributed by atoms with E-state index in [4.69, 9.17) is 21.6 Å². The monoisotopic (exact) mass is 241 g/mol. The van der Waals surface area contributed by atoms with Gasteiger partial charge in [-0.2, -0.15) is 5.26 Å². The number of carbonyl (C=O) groups excluding carboxylic acids is 1. The molecule has 1 rings (SSSR count). The van der Waals surface area contributed by atoms with E-state index in [1.807, 2.05) is 6.07 Å². The molecule has 0 aliphatic carbocycles. The molecule has 15 heavy (non-hydrogen) atoms. The summed E-state index contributed by atoms with van der Waals surface area (Å²) in [5.41, 5.74) is 0.485. The van der Waals surface area contributed by atoms with Crippen LogP contribution in [0.3, 0.4) is 0 Å². The Hall–Kier alpha value is -1.18. The largest absolute Gasteiger partial charge is 0.462 e. The van der Waals surface area contributed by atoms with E-state index in [1.165, 1.54) is 12.1 Å². The molecule has 1 aromatic carbocycles. The number of nitrogens with zero attached hydrogens (tertiary/aromatic N) is 1. The van der Waals surface area contributed by atoms with Crippen LogP contribution in [0.1, 0.15) is 22.8 Å². The van der Waals surface area contributed by atoms with Gasteiger partial charge in [-0.1, -0.05) is 11.6 Å². The number of thiol groups is 1. The van der Waals surface area contributed by atoms with Crippen LogP contribution in [0.4, 0.5) is 0 Å². The number of hydrogen-bond donors (Lipinski definition) is 1. The highest BCUT2D eigenvalue weighted by Gasteiger charge is 2.14. The number of esters is 1. The molecule has 0 amide bonds. The van der Waals surface area contributed by atoms with Crippen molar-refractivity contribution in [2.24, 2.45) is 0 Å². The molecular weight excluding hydrogens is 234 g/mol. The minimum atomic E-state index is -0.535. The van der Waals surface area contributed by atoms with E-state index in [2.05, 4.69) is 12.6 Å². The molecule has 78 valence electrons. The lowest BCUT2D eigenvalue weighted by Crippen LogP contribution is -2.06.